The van der Waals surface area contributed by atoms with Crippen LogP contribution in [0.4, 0.5) is 0 Å². The summed E-state index contributed by atoms with van der Waals surface area (Å²) in [4.78, 5) is 12.3. The highest BCUT2D eigenvalue weighted by Crippen LogP contribution is 2.57. The maximum absolute atomic E-state index is 11.2. The number of aryl methyl sites for hydroxylation is 1. The Morgan fingerprint density at radius 2 is 2.09 bits per heavy atom. The third kappa shape index (κ3) is 3.36. The number of hydrogen-bond acceptors (Lipinski definition) is 8. The number of imidazole rings is 1. The summed E-state index contributed by atoms with van der Waals surface area (Å²) in [7, 11) is 0. The lowest BCUT2D eigenvalue weighted by atomic mass is 10.1. The fourth-order valence-corrected chi connectivity index (χ4v) is 3.07. The molecule has 23 heavy (non-hydrogen) atoms. The van der Waals surface area contributed by atoms with E-state index in [1.807, 2.05) is 0 Å². The maximum atomic E-state index is 11.2. The minimum absolute atomic E-state index is 0.334. The topological polar surface area (TPSA) is 120 Å². The summed E-state index contributed by atoms with van der Waals surface area (Å²) in [6, 6.07) is 0. The molecule has 0 aromatic carbocycles. The molecule has 0 amide bonds. The molecule has 126 valence electrons. The van der Waals surface area contributed by atoms with Gasteiger partial charge >= 0.3 is 6.07 Å². The van der Waals surface area contributed by atoms with E-state index >= 15 is 0 Å². The molecule has 12 heteroatoms. The van der Waals surface area contributed by atoms with Gasteiger partial charge in [0.05, 0.1) is 18.6 Å². The van der Waals surface area contributed by atoms with Crippen LogP contribution in [-0.4, -0.2) is 54.7 Å². The number of hydrogen-bond donors (Lipinski definition) is 2. The molecular formula is C11H13Cl2N4O5P. The zero-order chi connectivity index (χ0) is 16.8. The Balaban J connectivity index is 1.85. The van der Waals surface area contributed by atoms with E-state index < -0.39 is 30.6 Å². The van der Waals surface area contributed by atoms with Gasteiger partial charge < -0.3 is 19.5 Å². The van der Waals surface area contributed by atoms with Crippen LogP contribution < -0.4 is 0 Å². The molecule has 4 unspecified atom stereocenters. The van der Waals surface area contributed by atoms with Crippen molar-refractivity contribution >= 4 is 39.7 Å². The Hall–Kier alpha value is -0.800. The van der Waals surface area contributed by atoms with Gasteiger partial charge in [0.2, 0.25) is 0 Å². The van der Waals surface area contributed by atoms with Gasteiger partial charge in [-0.05, 0) is 29.4 Å². The molecule has 1 saturated heterocycles. The van der Waals surface area contributed by atoms with Gasteiger partial charge in [0.25, 0.3) is 0 Å². The summed E-state index contributed by atoms with van der Waals surface area (Å²) in [6.45, 7) is 1.44. The van der Waals surface area contributed by atoms with E-state index in [0.717, 1.165) is 0 Å². The summed E-state index contributed by atoms with van der Waals surface area (Å²) in [6.07, 6.45) is -5.40. The predicted octanol–water partition coefficient (Wildman–Crippen LogP) is 1.36. The molecule has 0 saturated carbocycles. The first-order valence-corrected chi connectivity index (χ1v) is 10.0. The van der Waals surface area contributed by atoms with Crippen LogP contribution >= 0.6 is 28.6 Å². The quantitative estimate of drug-likeness (QED) is 0.760. The van der Waals surface area contributed by atoms with Gasteiger partial charge in [0.15, 0.2) is 11.9 Å². The Labute approximate surface area is 140 Å². The molecule has 9 nitrogen and oxygen atoms in total. The molecule has 2 aromatic rings. The summed E-state index contributed by atoms with van der Waals surface area (Å²) in [5, 5.41) is 20.3. The van der Waals surface area contributed by atoms with Gasteiger partial charge in [0, 0.05) is 0 Å². The molecule has 0 aliphatic carbocycles. The number of nitrogens with zero attached hydrogens (tertiary/aromatic N) is 4. The second kappa shape index (κ2) is 6.25. The van der Waals surface area contributed by atoms with Crippen molar-refractivity contribution in [3.63, 3.8) is 0 Å². The van der Waals surface area contributed by atoms with E-state index in [9.17, 15) is 14.8 Å². The van der Waals surface area contributed by atoms with Gasteiger partial charge in [-0.1, -0.05) is 0 Å². The Kier molecular flexibility index (Phi) is 4.63. The van der Waals surface area contributed by atoms with Crippen LogP contribution in [0.25, 0.3) is 11.2 Å². The summed E-state index contributed by atoms with van der Waals surface area (Å²) < 4.78 is 23.0. The molecule has 1 aliphatic rings. The first-order valence-electron chi connectivity index (χ1n) is 6.57. The van der Waals surface area contributed by atoms with Crippen molar-refractivity contribution in [2.45, 2.75) is 31.5 Å². The SMILES string of the molecule is Cc1ncnc2c1ncn2C1OC(COP(=O)(Cl)Cl)C(O)C1O. The van der Waals surface area contributed by atoms with Crippen molar-refractivity contribution in [2.24, 2.45) is 0 Å². The molecule has 0 radical (unpaired) electrons. The molecule has 4 atom stereocenters. The molecule has 1 aliphatic heterocycles. The standard InChI is InChI=1S/C11H13Cl2N4O5P/c1-5-7-10(15-3-14-5)17(4-16-7)11-9(19)8(18)6(22-11)2-21-23(12,13)20/h3-4,6,8-9,11,18-19H,2H2,1H3. The molecule has 2 aromatic heterocycles. The smallest absolute Gasteiger partial charge is 0.380 e. The average Bonchev–Trinajstić information content (AvgIpc) is 3.01. The molecule has 0 spiro atoms. The third-order valence-electron chi connectivity index (χ3n) is 3.54. The normalized spacial score (nSPS) is 28.6. The van der Waals surface area contributed by atoms with Crippen molar-refractivity contribution < 1.29 is 24.0 Å². The largest absolute Gasteiger partial charge is 0.387 e. The summed E-state index contributed by atoms with van der Waals surface area (Å²) >= 11 is 10.6. The van der Waals surface area contributed by atoms with Crippen molar-refractivity contribution in [3.8, 4) is 0 Å². The van der Waals surface area contributed by atoms with Crippen molar-refractivity contribution in [1.29, 1.82) is 0 Å². The molecule has 3 heterocycles. The maximum Gasteiger partial charge on any atom is 0.380 e. The van der Waals surface area contributed by atoms with Gasteiger partial charge in [-0.15, -0.1) is 0 Å². The van der Waals surface area contributed by atoms with Crippen LogP contribution in [-0.2, 0) is 13.8 Å². The predicted molar refractivity (Wildman–Crippen MR) is 81.2 cm³/mol. The van der Waals surface area contributed by atoms with E-state index in [4.69, 9.17) is 31.7 Å². The Bertz CT molecular complexity index is 768. The molecule has 2 N–H and O–H groups in total. The van der Waals surface area contributed by atoms with Crippen LogP contribution in [0.1, 0.15) is 11.9 Å². The van der Waals surface area contributed by atoms with Crippen LogP contribution in [0.3, 0.4) is 0 Å². The van der Waals surface area contributed by atoms with Gasteiger partial charge in [-0.25, -0.2) is 15.0 Å². The molecule has 0 bridgehead atoms. The van der Waals surface area contributed by atoms with Crippen LogP contribution in [0.15, 0.2) is 12.7 Å². The monoisotopic (exact) mass is 382 g/mol. The first-order chi connectivity index (χ1) is 10.8. The van der Waals surface area contributed by atoms with Crippen LogP contribution in [0.5, 0.6) is 0 Å². The second-order valence-electron chi connectivity index (χ2n) is 5.04. The van der Waals surface area contributed by atoms with E-state index in [1.165, 1.54) is 17.2 Å². The van der Waals surface area contributed by atoms with E-state index in [0.29, 0.717) is 16.9 Å². The Morgan fingerprint density at radius 1 is 1.35 bits per heavy atom. The third-order valence-corrected chi connectivity index (χ3v) is 4.58. The van der Waals surface area contributed by atoms with E-state index in [1.54, 1.807) is 6.92 Å². The van der Waals surface area contributed by atoms with Gasteiger partial charge in [-0.2, -0.15) is 0 Å². The zero-order valence-electron chi connectivity index (χ0n) is 11.8. The number of ether oxygens (including phenoxy) is 1. The molecular weight excluding hydrogens is 370 g/mol. The number of fused-ring (bicyclic) bond motifs is 1. The highest BCUT2D eigenvalue weighted by molar-refractivity contribution is 8.05. The fraction of sp³-hybridized carbons (Fsp3) is 0.545. The molecule has 1 fully saturated rings. The molecule has 3 rings (SSSR count). The second-order valence-corrected chi connectivity index (χ2v) is 9.32. The summed E-state index contributed by atoms with van der Waals surface area (Å²) in [5.41, 5.74) is 1.69. The van der Waals surface area contributed by atoms with E-state index in [-0.39, 0.29) is 6.61 Å². The van der Waals surface area contributed by atoms with Gasteiger partial charge in [-0.3, -0.25) is 9.13 Å². The minimum Gasteiger partial charge on any atom is -0.387 e. The number of rotatable bonds is 4. The number of aliphatic hydroxyl groups is 2. The van der Waals surface area contributed by atoms with E-state index in [2.05, 4.69) is 15.0 Å². The highest BCUT2D eigenvalue weighted by atomic mass is 35.9. The van der Waals surface area contributed by atoms with Gasteiger partial charge in [0.1, 0.15) is 30.2 Å². The Morgan fingerprint density at radius 3 is 2.78 bits per heavy atom. The van der Waals surface area contributed by atoms with Crippen molar-refractivity contribution in [3.05, 3.63) is 18.3 Å². The number of halogens is 2. The number of aromatic nitrogens is 4. The van der Waals surface area contributed by atoms with Crippen LogP contribution in [0, 0.1) is 6.92 Å². The lowest BCUT2D eigenvalue weighted by molar-refractivity contribution is -0.0465. The fourth-order valence-electron chi connectivity index (χ4n) is 2.41. The minimum atomic E-state index is -3.76. The average molecular weight is 383 g/mol. The lowest BCUT2D eigenvalue weighted by Crippen LogP contribution is -2.33. The highest BCUT2D eigenvalue weighted by Gasteiger charge is 2.45. The number of aliphatic hydroxyl groups excluding tert-OH is 2. The lowest BCUT2D eigenvalue weighted by Gasteiger charge is -2.16. The summed E-state index contributed by atoms with van der Waals surface area (Å²) in [5.74, 6) is 0. The zero-order valence-corrected chi connectivity index (χ0v) is 14.2. The van der Waals surface area contributed by atoms with Crippen LogP contribution in [0.2, 0.25) is 0 Å². The van der Waals surface area contributed by atoms with Crippen molar-refractivity contribution in [1.82, 2.24) is 19.5 Å². The first kappa shape index (κ1) is 17.0. The van der Waals surface area contributed by atoms with Crippen molar-refractivity contribution in [2.75, 3.05) is 6.61 Å².